The van der Waals surface area contributed by atoms with Crippen LogP contribution < -0.4 is 18.9 Å². The molecule has 166 valence electrons. The molecule has 0 heterocycles. The molecule has 0 radical (unpaired) electrons. The maximum Gasteiger partial charge on any atom is 0.234 e. The van der Waals surface area contributed by atoms with E-state index >= 15 is 0 Å². The van der Waals surface area contributed by atoms with E-state index in [1.807, 2.05) is 54.6 Å². The van der Waals surface area contributed by atoms with Gasteiger partial charge in [0.1, 0.15) is 0 Å². The lowest BCUT2D eigenvalue weighted by molar-refractivity contribution is -0.525. The Bertz CT molecular complexity index is 1130. The van der Waals surface area contributed by atoms with Gasteiger partial charge in [-0.1, -0.05) is 36.4 Å². The summed E-state index contributed by atoms with van der Waals surface area (Å²) in [6.45, 7) is 0. The first-order valence-electron chi connectivity index (χ1n) is 10.2. The van der Waals surface area contributed by atoms with Gasteiger partial charge in [0.05, 0.1) is 40.3 Å². The van der Waals surface area contributed by atoms with Gasteiger partial charge in [0.15, 0.2) is 23.0 Å². The van der Waals surface area contributed by atoms with Gasteiger partial charge in [-0.05, 0) is 46.5 Å². The highest BCUT2D eigenvalue weighted by molar-refractivity contribution is 5.59. The normalized spacial score (nSPS) is 19.2. The number of benzene rings is 3. The van der Waals surface area contributed by atoms with Crippen molar-refractivity contribution in [1.82, 2.24) is 0 Å². The van der Waals surface area contributed by atoms with Crippen molar-refractivity contribution in [3.05, 3.63) is 93.0 Å². The van der Waals surface area contributed by atoms with E-state index in [0.717, 1.165) is 22.3 Å². The summed E-state index contributed by atoms with van der Waals surface area (Å²) in [5, 5.41) is 12.5. The van der Waals surface area contributed by atoms with Gasteiger partial charge in [-0.2, -0.15) is 0 Å². The summed E-state index contributed by atoms with van der Waals surface area (Å²) in [5.41, 5.74) is 3.35. The van der Waals surface area contributed by atoms with Crippen LogP contribution in [0.3, 0.4) is 0 Å². The highest BCUT2D eigenvalue weighted by Gasteiger charge is 2.50. The second-order valence-corrected chi connectivity index (χ2v) is 7.59. The van der Waals surface area contributed by atoms with Gasteiger partial charge in [0.25, 0.3) is 0 Å². The quantitative estimate of drug-likeness (QED) is 0.397. The van der Waals surface area contributed by atoms with Crippen molar-refractivity contribution >= 4 is 0 Å². The van der Waals surface area contributed by atoms with E-state index in [1.54, 1.807) is 34.5 Å². The molecular formula is C25H25NO6. The number of hydrogen-bond donors (Lipinski definition) is 0. The summed E-state index contributed by atoms with van der Waals surface area (Å²) in [6, 6.07) is 17.8. The number of nitro groups is 1. The number of rotatable bonds is 7. The topological polar surface area (TPSA) is 80.1 Å². The molecule has 7 nitrogen and oxygen atoms in total. The lowest BCUT2D eigenvalue weighted by Gasteiger charge is -2.20. The lowest BCUT2D eigenvalue weighted by Crippen LogP contribution is -2.29. The number of methoxy groups -OCH3 is 4. The van der Waals surface area contributed by atoms with Crippen LogP contribution in [0.4, 0.5) is 0 Å². The Morgan fingerprint density at radius 2 is 1.16 bits per heavy atom. The Kier molecular flexibility index (Phi) is 5.90. The van der Waals surface area contributed by atoms with Crippen molar-refractivity contribution in [2.45, 2.75) is 17.9 Å². The van der Waals surface area contributed by atoms with E-state index in [4.69, 9.17) is 18.9 Å². The van der Waals surface area contributed by atoms with E-state index in [9.17, 15) is 10.1 Å². The molecule has 0 N–H and O–H groups in total. The van der Waals surface area contributed by atoms with E-state index < -0.39 is 17.9 Å². The number of hydrogen-bond acceptors (Lipinski definition) is 6. The van der Waals surface area contributed by atoms with Gasteiger partial charge in [-0.3, -0.25) is 10.1 Å². The third-order valence-corrected chi connectivity index (χ3v) is 6.11. The van der Waals surface area contributed by atoms with E-state index in [-0.39, 0.29) is 4.92 Å². The minimum atomic E-state index is -0.915. The third-order valence-electron chi connectivity index (χ3n) is 6.11. The summed E-state index contributed by atoms with van der Waals surface area (Å²) in [7, 11) is 6.23. The average Bonchev–Trinajstić information content (AvgIpc) is 3.17. The molecule has 0 fully saturated rings. The van der Waals surface area contributed by atoms with Gasteiger partial charge in [0, 0.05) is 4.92 Å². The summed E-state index contributed by atoms with van der Waals surface area (Å²) in [4.78, 5) is 12.3. The van der Waals surface area contributed by atoms with Crippen LogP contribution in [0.5, 0.6) is 23.0 Å². The second-order valence-electron chi connectivity index (χ2n) is 7.59. The van der Waals surface area contributed by atoms with Gasteiger partial charge in [-0.25, -0.2) is 0 Å². The van der Waals surface area contributed by atoms with Crippen molar-refractivity contribution in [2.75, 3.05) is 28.4 Å². The monoisotopic (exact) mass is 435 g/mol. The molecule has 0 bridgehead atoms. The molecule has 32 heavy (non-hydrogen) atoms. The molecule has 0 aromatic heterocycles. The average molecular weight is 435 g/mol. The zero-order valence-corrected chi connectivity index (χ0v) is 18.4. The minimum Gasteiger partial charge on any atom is -0.493 e. The molecule has 1 aliphatic rings. The van der Waals surface area contributed by atoms with E-state index in [0.29, 0.717) is 23.0 Å². The van der Waals surface area contributed by atoms with E-state index in [1.165, 1.54) is 0 Å². The molecule has 3 atom stereocenters. The number of ether oxygens (including phenoxy) is 4. The van der Waals surface area contributed by atoms with Crippen LogP contribution >= 0.6 is 0 Å². The standard InChI is InChI=1S/C25H25NO6/c1-29-19-11-10-16(12-20(19)30-2)24-18-14-22(32-4)21(31-3)13-17(18)23(25(24)26(27)28)15-8-6-5-7-9-15/h5-14,23-25H,1-4H3/t23-,24-,25-/m0/s1. The Labute approximate surface area is 186 Å². The van der Waals surface area contributed by atoms with Crippen LogP contribution in [0.2, 0.25) is 0 Å². The van der Waals surface area contributed by atoms with Gasteiger partial charge < -0.3 is 18.9 Å². The van der Waals surface area contributed by atoms with Crippen LogP contribution in [0, 0.1) is 10.1 Å². The van der Waals surface area contributed by atoms with Crippen LogP contribution in [0.15, 0.2) is 60.7 Å². The molecule has 0 aliphatic heterocycles. The second kappa shape index (κ2) is 8.78. The van der Waals surface area contributed by atoms with Crippen molar-refractivity contribution in [3.8, 4) is 23.0 Å². The van der Waals surface area contributed by atoms with Crippen LogP contribution in [-0.4, -0.2) is 39.4 Å². The Morgan fingerprint density at radius 3 is 1.66 bits per heavy atom. The van der Waals surface area contributed by atoms with Gasteiger partial charge >= 0.3 is 0 Å². The molecule has 0 spiro atoms. The predicted octanol–water partition coefficient (Wildman–Crippen LogP) is 4.64. The van der Waals surface area contributed by atoms with Crippen molar-refractivity contribution < 1.29 is 23.9 Å². The first-order valence-corrected chi connectivity index (χ1v) is 10.2. The molecule has 4 rings (SSSR count). The summed E-state index contributed by atoms with van der Waals surface area (Å²) in [5.74, 6) is 1.22. The molecule has 0 amide bonds. The van der Waals surface area contributed by atoms with Crippen molar-refractivity contribution in [1.29, 1.82) is 0 Å². The summed E-state index contributed by atoms with van der Waals surface area (Å²) in [6.07, 6.45) is 0. The van der Waals surface area contributed by atoms with Crippen molar-refractivity contribution in [2.24, 2.45) is 0 Å². The fraction of sp³-hybridized carbons (Fsp3) is 0.280. The smallest absolute Gasteiger partial charge is 0.234 e. The van der Waals surface area contributed by atoms with E-state index in [2.05, 4.69) is 0 Å². The third kappa shape index (κ3) is 3.49. The molecule has 0 saturated heterocycles. The first kappa shape index (κ1) is 21.5. The molecule has 3 aromatic rings. The number of fused-ring (bicyclic) bond motifs is 1. The zero-order valence-electron chi connectivity index (χ0n) is 18.4. The molecule has 0 unspecified atom stereocenters. The maximum atomic E-state index is 12.5. The summed E-state index contributed by atoms with van der Waals surface area (Å²) < 4.78 is 21.9. The van der Waals surface area contributed by atoms with Gasteiger partial charge in [-0.15, -0.1) is 0 Å². The molecule has 7 heteroatoms. The Hall–Kier alpha value is -3.74. The van der Waals surface area contributed by atoms with Crippen LogP contribution in [-0.2, 0) is 0 Å². The van der Waals surface area contributed by atoms with Crippen LogP contribution in [0.1, 0.15) is 34.1 Å². The zero-order chi connectivity index (χ0) is 22.8. The van der Waals surface area contributed by atoms with Crippen molar-refractivity contribution in [3.63, 3.8) is 0 Å². The molecule has 1 aliphatic carbocycles. The molecule has 3 aromatic carbocycles. The fourth-order valence-electron chi connectivity index (χ4n) is 4.71. The summed E-state index contributed by atoms with van der Waals surface area (Å²) >= 11 is 0. The SMILES string of the molecule is COc1ccc([C@H]2c3cc(OC)c(OC)cc3[C@H](c3ccccc3)[C@@H]2[N+](=O)[O-])cc1OC. The Morgan fingerprint density at radius 1 is 0.656 bits per heavy atom. The first-order chi connectivity index (χ1) is 15.5. The fourth-order valence-corrected chi connectivity index (χ4v) is 4.71. The molecule has 0 saturated carbocycles. The van der Waals surface area contributed by atoms with Crippen LogP contribution in [0.25, 0.3) is 0 Å². The minimum absolute atomic E-state index is 0.183. The Balaban J connectivity index is 1.99. The highest BCUT2D eigenvalue weighted by atomic mass is 16.6. The largest absolute Gasteiger partial charge is 0.493 e. The van der Waals surface area contributed by atoms with Gasteiger partial charge in [0.2, 0.25) is 6.04 Å². The molecular weight excluding hydrogens is 410 g/mol. The lowest BCUT2D eigenvalue weighted by atomic mass is 9.85. The maximum absolute atomic E-state index is 12.5. The number of nitrogens with zero attached hydrogens (tertiary/aromatic N) is 1. The predicted molar refractivity (Wildman–Crippen MR) is 120 cm³/mol. The highest BCUT2D eigenvalue weighted by Crippen LogP contribution is 2.53.